The molecule has 1 unspecified atom stereocenters. The summed E-state index contributed by atoms with van der Waals surface area (Å²) in [5.74, 6) is -3.02. The van der Waals surface area contributed by atoms with Crippen molar-refractivity contribution >= 4 is 52.3 Å². The van der Waals surface area contributed by atoms with E-state index in [0.717, 1.165) is 14.7 Å². The quantitative estimate of drug-likeness (QED) is 0.621. The van der Waals surface area contributed by atoms with Gasteiger partial charge in [-0.2, -0.15) is 0 Å². The first-order valence-corrected chi connectivity index (χ1v) is 9.31. The van der Waals surface area contributed by atoms with Gasteiger partial charge in [0, 0.05) is 21.2 Å². The van der Waals surface area contributed by atoms with Crippen LogP contribution in [-0.2, 0) is 31.1 Å². The lowest BCUT2D eigenvalue weighted by Crippen LogP contribution is -2.47. The summed E-state index contributed by atoms with van der Waals surface area (Å²) in [6.07, 6.45) is -0.334. The molecule has 0 bridgehead atoms. The molecule has 2 aliphatic heterocycles. The number of carboxylic acid groups (broad SMARTS) is 1. The second-order valence-corrected chi connectivity index (χ2v) is 7.86. The highest BCUT2D eigenvalue weighted by molar-refractivity contribution is 7.09. The molecule has 1 aromatic carbocycles. The summed E-state index contributed by atoms with van der Waals surface area (Å²) in [7, 11) is 0. The zero-order valence-electron chi connectivity index (χ0n) is 13.8. The lowest BCUT2D eigenvalue weighted by Gasteiger charge is -2.21. The second kappa shape index (κ2) is 6.17. The molecule has 0 saturated carbocycles. The number of amides is 3. The standard InChI is InChI=1S/C18H13ClN2O5S/c19-10-3-4-13-12(6-10)18(16(25)20(13)9-15(23)24)7-14(22)21(17(18)26)8-11-2-1-5-27-11/h1-6H,7-9H2,(H,23,24). The van der Waals surface area contributed by atoms with Gasteiger partial charge >= 0.3 is 5.97 Å². The van der Waals surface area contributed by atoms with Gasteiger partial charge < -0.3 is 5.11 Å². The molecule has 3 amide bonds. The molecule has 9 heteroatoms. The molecular weight excluding hydrogens is 392 g/mol. The van der Waals surface area contributed by atoms with Crippen LogP contribution in [0.4, 0.5) is 5.69 Å². The van der Waals surface area contributed by atoms with E-state index in [0.29, 0.717) is 10.7 Å². The van der Waals surface area contributed by atoms with Crippen molar-refractivity contribution in [2.75, 3.05) is 11.4 Å². The van der Waals surface area contributed by atoms with Crippen molar-refractivity contribution in [3.63, 3.8) is 0 Å². The number of fused-ring (bicyclic) bond motifs is 2. The molecule has 1 aromatic heterocycles. The van der Waals surface area contributed by atoms with Crippen molar-refractivity contribution in [1.82, 2.24) is 4.90 Å². The van der Waals surface area contributed by atoms with E-state index >= 15 is 0 Å². The predicted molar refractivity (Wildman–Crippen MR) is 97.6 cm³/mol. The summed E-state index contributed by atoms with van der Waals surface area (Å²) < 4.78 is 0. The first-order chi connectivity index (χ1) is 12.8. The van der Waals surface area contributed by atoms with Crippen molar-refractivity contribution in [2.24, 2.45) is 0 Å². The van der Waals surface area contributed by atoms with Gasteiger partial charge in [0.15, 0.2) is 5.41 Å². The molecule has 1 saturated heterocycles. The fourth-order valence-electron chi connectivity index (χ4n) is 3.67. The number of rotatable bonds is 4. The van der Waals surface area contributed by atoms with Crippen LogP contribution in [0, 0.1) is 0 Å². The monoisotopic (exact) mass is 404 g/mol. The highest BCUT2D eigenvalue weighted by atomic mass is 35.5. The van der Waals surface area contributed by atoms with E-state index in [-0.39, 0.29) is 18.5 Å². The van der Waals surface area contributed by atoms with Crippen LogP contribution in [0.5, 0.6) is 0 Å². The van der Waals surface area contributed by atoms with Gasteiger partial charge in [0.2, 0.25) is 17.7 Å². The van der Waals surface area contributed by atoms with E-state index in [1.54, 1.807) is 6.07 Å². The smallest absolute Gasteiger partial charge is 0.323 e. The number of hydrogen-bond donors (Lipinski definition) is 1. The molecule has 1 spiro atoms. The van der Waals surface area contributed by atoms with Gasteiger partial charge in [0.05, 0.1) is 13.0 Å². The lowest BCUT2D eigenvalue weighted by atomic mass is 9.80. The van der Waals surface area contributed by atoms with Crippen LogP contribution in [-0.4, -0.2) is 40.2 Å². The zero-order valence-corrected chi connectivity index (χ0v) is 15.4. The lowest BCUT2D eigenvalue weighted by molar-refractivity contribution is -0.143. The highest BCUT2D eigenvalue weighted by Crippen LogP contribution is 2.49. The van der Waals surface area contributed by atoms with Gasteiger partial charge in [-0.3, -0.25) is 29.0 Å². The third-order valence-electron chi connectivity index (χ3n) is 4.83. The van der Waals surface area contributed by atoms with E-state index in [1.165, 1.54) is 29.5 Å². The van der Waals surface area contributed by atoms with Gasteiger partial charge in [-0.1, -0.05) is 17.7 Å². The Balaban J connectivity index is 1.81. The van der Waals surface area contributed by atoms with Crippen LogP contribution in [0.3, 0.4) is 0 Å². The number of benzene rings is 1. The SMILES string of the molecule is O=C(O)CN1C(=O)C2(CC(=O)N(Cc3cccs3)C2=O)c2cc(Cl)ccc21. The molecule has 0 radical (unpaired) electrons. The topological polar surface area (TPSA) is 95.0 Å². The van der Waals surface area contributed by atoms with Crippen molar-refractivity contribution in [1.29, 1.82) is 0 Å². The summed E-state index contributed by atoms with van der Waals surface area (Å²) in [5.41, 5.74) is -1.16. The molecule has 1 atom stereocenters. The van der Waals surface area contributed by atoms with Crippen LogP contribution in [0.25, 0.3) is 0 Å². The van der Waals surface area contributed by atoms with Gasteiger partial charge in [-0.15, -0.1) is 11.3 Å². The molecule has 4 rings (SSSR count). The molecule has 3 heterocycles. The number of halogens is 1. The van der Waals surface area contributed by atoms with E-state index in [9.17, 15) is 19.2 Å². The van der Waals surface area contributed by atoms with Crippen LogP contribution in [0.15, 0.2) is 35.7 Å². The van der Waals surface area contributed by atoms with Gasteiger partial charge in [-0.25, -0.2) is 0 Å². The number of carbonyl (C=O) groups is 4. The summed E-state index contributed by atoms with van der Waals surface area (Å²) in [6.45, 7) is -0.513. The first kappa shape index (κ1) is 17.7. The van der Waals surface area contributed by atoms with E-state index < -0.39 is 35.7 Å². The predicted octanol–water partition coefficient (Wildman–Crippen LogP) is 2.03. The van der Waals surface area contributed by atoms with Gasteiger partial charge in [0.25, 0.3) is 0 Å². The number of imide groups is 1. The van der Waals surface area contributed by atoms with Crippen LogP contribution in [0.1, 0.15) is 16.9 Å². The Hall–Kier alpha value is -2.71. The van der Waals surface area contributed by atoms with Crippen LogP contribution in [0.2, 0.25) is 5.02 Å². The Morgan fingerprint density at radius 1 is 1.19 bits per heavy atom. The van der Waals surface area contributed by atoms with E-state index in [1.807, 2.05) is 11.4 Å². The van der Waals surface area contributed by atoms with Crippen molar-refractivity contribution in [3.8, 4) is 0 Å². The Labute approximate surface area is 162 Å². The number of carbonyl (C=O) groups excluding carboxylic acids is 3. The summed E-state index contributed by atoms with van der Waals surface area (Å²) in [5, 5.41) is 11.3. The van der Waals surface area contributed by atoms with Crippen LogP contribution < -0.4 is 4.90 Å². The molecule has 27 heavy (non-hydrogen) atoms. The van der Waals surface area contributed by atoms with Crippen molar-refractivity contribution < 1.29 is 24.3 Å². The summed E-state index contributed by atoms with van der Waals surface area (Å²) >= 11 is 7.47. The number of aliphatic carboxylic acids is 1. The van der Waals surface area contributed by atoms with Crippen LogP contribution >= 0.6 is 22.9 Å². The summed E-state index contributed by atoms with van der Waals surface area (Å²) in [4.78, 5) is 53.2. The van der Waals surface area contributed by atoms with Crippen molar-refractivity contribution in [3.05, 3.63) is 51.2 Å². The number of carboxylic acids is 1. The number of thiophene rings is 1. The van der Waals surface area contributed by atoms with E-state index in [4.69, 9.17) is 16.7 Å². The Morgan fingerprint density at radius 3 is 2.59 bits per heavy atom. The molecule has 0 aliphatic carbocycles. The Bertz CT molecular complexity index is 990. The second-order valence-electron chi connectivity index (χ2n) is 6.39. The average molecular weight is 405 g/mol. The largest absolute Gasteiger partial charge is 0.480 e. The number of likely N-dealkylation sites (tertiary alicyclic amines) is 1. The molecule has 2 aliphatic rings. The van der Waals surface area contributed by atoms with Gasteiger partial charge in [-0.05, 0) is 29.6 Å². The fourth-order valence-corrected chi connectivity index (χ4v) is 4.53. The third kappa shape index (κ3) is 2.55. The highest BCUT2D eigenvalue weighted by Gasteiger charge is 2.63. The maximum atomic E-state index is 13.3. The Kier molecular flexibility index (Phi) is 4.05. The minimum atomic E-state index is -1.75. The number of nitrogens with zero attached hydrogens (tertiary/aromatic N) is 2. The fraction of sp³-hybridized carbons (Fsp3) is 0.222. The minimum Gasteiger partial charge on any atom is -0.480 e. The van der Waals surface area contributed by atoms with Crippen molar-refractivity contribution in [2.45, 2.75) is 18.4 Å². The summed E-state index contributed by atoms with van der Waals surface area (Å²) in [6, 6.07) is 8.11. The molecule has 1 fully saturated rings. The first-order valence-electron chi connectivity index (χ1n) is 8.05. The number of anilines is 1. The average Bonchev–Trinajstić information content (AvgIpc) is 3.26. The maximum Gasteiger partial charge on any atom is 0.323 e. The molecule has 1 N–H and O–H groups in total. The number of hydrogen-bond acceptors (Lipinski definition) is 5. The molecule has 138 valence electrons. The van der Waals surface area contributed by atoms with E-state index in [2.05, 4.69) is 0 Å². The van der Waals surface area contributed by atoms with Gasteiger partial charge in [0.1, 0.15) is 6.54 Å². The Morgan fingerprint density at radius 2 is 1.93 bits per heavy atom. The molecular formula is C18H13ClN2O5S. The normalized spacial score (nSPS) is 21.4. The third-order valence-corrected chi connectivity index (χ3v) is 5.93. The molecule has 7 nitrogen and oxygen atoms in total. The zero-order chi connectivity index (χ0) is 19.3. The minimum absolute atomic E-state index is 0.0825. The molecule has 2 aromatic rings. The maximum absolute atomic E-state index is 13.3.